The molecular weight excluding hydrogens is 326 g/mol. The van der Waals surface area contributed by atoms with Crippen molar-refractivity contribution in [1.29, 1.82) is 0 Å². The number of halogens is 2. The Labute approximate surface area is 123 Å². The summed E-state index contributed by atoms with van der Waals surface area (Å²) in [5.41, 5.74) is 2.64. The Bertz CT molecular complexity index is 746. The summed E-state index contributed by atoms with van der Waals surface area (Å²) in [6.07, 6.45) is 5.25. The highest BCUT2D eigenvalue weighted by atomic mass is 79.9. The molecule has 0 spiro atoms. The summed E-state index contributed by atoms with van der Waals surface area (Å²) < 4.78 is 0.920. The fraction of sp³-hybridized carbons (Fsp3) is 0. The van der Waals surface area contributed by atoms with E-state index < -0.39 is 0 Å². The quantitative estimate of drug-likeness (QED) is 0.732. The largest absolute Gasteiger partial charge is 0.352 e. The van der Waals surface area contributed by atoms with E-state index in [0.29, 0.717) is 5.02 Å². The first kappa shape index (κ1) is 12.4. The first-order chi connectivity index (χ1) is 9.24. The van der Waals surface area contributed by atoms with Crippen molar-refractivity contribution in [1.82, 2.24) is 9.97 Å². The number of nitrogens with zero attached hydrogens (tertiary/aromatic N) is 2. The smallest absolute Gasteiger partial charge is 0.0951 e. The molecule has 0 aliphatic heterocycles. The summed E-state index contributed by atoms with van der Waals surface area (Å²) >= 11 is 9.57. The third kappa shape index (κ3) is 2.55. The number of rotatable bonds is 2. The molecule has 2 aromatic heterocycles. The second kappa shape index (κ2) is 5.15. The van der Waals surface area contributed by atoms with Gasteiger partial charge in [0.15, 0.2) is 0 Å². The summed E-state index contributed by atoms with van der Waals surface area (Å²) in [6, 6.07) is 9.56. The molecule has 0 saturated carbocycles. The van der Waals surface area contributed by atoms with Crippen LogP contribution >= 0.6 is 27.5 Å². The van der Waals surface area contributed by atoms with E-state index in [0.717, 1.165) is 26.8 Å². The van der Waals surface area contributed by atoms with Crippen LogP contribution in [0.15, 0.2) is 53.4 Å². The second-order valence-corrected chi connectivity index (χ2v) is 5.33. The highest BCUT2D eigenvalue weighted by molar-refractivity contribution is 9.10. The van der Waals surface area contributed by atoms with Crippen LogP contribution in [0.2, 0.25) is 5.02 Å². The van der Waals surface area contributed by atoms with Gasteiger partial charge in [0.05, 0.1) is 28.1 Å². The molecule has 5 heteroatoms. The molecule has 3 aromatic rings. The van der Waals surface area contributed by atoms with Crippen molar-refractivity contribution >= 4 is 49.8 Å². The number of hydrogen-bond donors (Lipinski definition) is 1. The summed E-state index contributed by atoms with van der Waals surface area (Å²) in [6.45, 7) is 0. The third-order valence-electron chi connectivity index (χ3n) is 2.70. The molecule has 0 bridgehead atoms. The van der Waals surface area contributed by atoms with E-state index in [1.165, 1.54) is 0 Å². The van der Waals surface area contributed by atoms with Crippen molar-refractivity contribution < 1.29 is 0 Å². The van der Waals surface area contributed by atoms with E-state index in [9.17, 15) is 0 Å². The molecule has 0 radical (unpaired) electrons. The number of nitrogens with one attached hydrogen (secondary N) is 1. The topological polar surface area (TPSA) is 37.8 Å². The van der Waals surface area contributed by atoms with E-state index in [2.05, 4.69) is 31.2 Å². The maximum atomic E-state index is 6.17. The molecule has 3 rings (SSSR count). The molecule has 94 valence electrons. The second-order valence-electron chi connectivity index (χ2n) is 4.01. The fourth-order valence-corrected chi connectivity index (χ4v) is 2.45. The third-order valence-corrected chi connectivity index (χ3v) is 3.46. The van der Waals surface area contributed by atoms with Crippen LogP contribution < -0.4 is 5.32 Å². The van der Waals surface area contributed by atoms with Crippen LogP contribution in [0.4, 0.5) is 11.4 Å². The number of pyridine rings is 2. The minimum Gasteiger partial charge on any atom is -0.352 e. The average Bonchev–Trinajstić information content (AvgIpc) is 2.42. The minimum absolute atomic E-state index is 0.695. The van der Waals surface area contributed by atoms with Crippen molar-refractivity contribution in [2.75, 3.05) is 5.32 Å². The number of fused-ring (bicyclic) bond motifs is 1. The lowest BCUT2D eigenvalue weighted by Crippen LogP contribution is -1.94. The molecule has 0 saturated heterocycles. The van der Waals surface area contributed by atoms with Gasteiger partial charge in [-0.3, -0.25) is 9.97 Å². The van der Waals surface area contributed by atoms with Gasteiger partial charge in [-0.05, 0) is 46.3 Å². The Balaban J connectivity index is 2.09. The normalized spacial score (nSPS) is 10.6. The van der Waals surface area contributed by atoms with Gasteiger partial charge in [-0.25, -0.2) is 0 Å². The minimum atomic E-state index is 0.695. The monoisotopic (exact) mass is 333 g/mol. The van der Waals surface area contributed by atoms with Crippen molar-refractivity contribution in [2.24, 2.45) is 0 Å². The Kier molecular flexibility index (Phi) is 3.36. The van der Waals surface area contributed by atoms with Crippen LogP contribution in [0.1, 0.15) is 0 Å². The van der Waals surface area contributed by atoms with Crippen molar-refractivity contribution in [3.63, 3.8) is 0 Å². The molecule has 19 heavy (non-hydrogen) atoms. The van der Waals surface area contributed by atoms with Gasteiger partial charge in [0.1, 0.15) is 0 Å². The van der Waals surface area contributed by atoms with Crippen LogP contribution in [0.3, 0.4) is 0 Å². The molecule has 0 fully saturated rings. The highest BCUT2D eigenvalue weighted by Gasteiger charge is 2.06. The molecule has 1 aromatic carbocycles. The Hall–Kier alpha value is -1.65. The van der Waals surface area contributed by atoms with Crippen LogP contribution in [0.5, 0.6) is 0 Å². The lowest BCUT2D eigenvalue weighted by atomic mass is 10.2. The van der Waals surface area contributed by atoms with Gasteiger partial charge in [0.25, 0.3) is 0 Å². The first-order valence-corrected chi connectivity index (χ1v) is 6.82. The predicted molar refractivity (Wildman–Crippen MR) is 82.0 cm³/mol. The van der Waals surface area contributed by atoms with Crippen LogP contribution in [0.25, 0.3) is 10.9 Å². The van der Waals surface area contributed by atoms with Gasteiger partial charge in [-0.15, -0.1) is 0 Å². The number of anilines is 2. The van der Waals surface area contributed by atoms with E-state index >= 15 is 0 Å². The Morgan fingerprint density at radius 2 is 2.05 bits per heavy atom. The average molecular weight is 335 g/mol. The molecular formula is C14H9BrClN3. The van der Waals surface area contributed by atoms with Gasteiger partial charge in [-0.2, -0.15) is 0 Å². The Morgan fingerprint density at radius 3 is 2.89 bits per heavy atom. The number of aromatic nitrogens is 2. The zero-order valence-corrected chi connectivity index (χ0v) is 12.1. The lowest BCUT2D eigenvalue weighted by molar-refractivity contribution is 1.30. The molecule has 0 unspecified atom stereocenters. The molecule has 0 aliphatic carbocycles. The zero-order valence-electron chi connectivity index (χ0n) is 9.77. The summed E-state index contributed by atoms with van der Waals surface area (Å²) in [5, 5.41) is 4.92. The Morgan fingerprint density at radius 1 is 1.16 bits per heavy atom. The van der Waals surface area contributed by atoms with E-state index in [1.807, 2.05) is 30.3 Å². The summed E-state index contributed by atoms with van der Waals surface area (Å²) in [5.74, 6) is 0. The van der Waals surface area contributed by atoms with Gasteiger partial charge in [0.2, 0.25) is 0 Å². The molecule has 1 N–H and O–H groups in total. The predicted octanol–water partition coefficient (Wildman–Crippen LogP) is 4.79. The standard InChI is InChI=1S/C14H9BrClN3/c15-9-6-10(8-17-7-9)19-13-4-3-12(16)11-2-1-5-18-14(11)13/h1-8,19H. The van der Waals surface area contributed by atoms with Gasteiger partial charge >= 0.3 is 0 Å². The SMILES string of the molecule is Clc1ccc(Nc2cncc(Br)c2)c2ncccc12. The van der Waals surface area contributed by atoms with E-state index in [-0.39, 0.29) is 0 Å². The van der Waals surface area contributed by atoms with Crippen LogP contribution in [-0.2, 0) is 0 Å². The zero-order chi connectivity index (χ0) is 13.2. The number of benzene rings is 1. The summed E-state index contributed by atoms with van der Waals surface area (Å²) in [7, 11) is 0. The van der Waals surface area contributed by atoms with E-state index in [1.54, 1.807) is 18.6 Å². The maximum Gasteiger partial charge on any atom is 0.0951 e. The van der Waals surface area contributed by atoms with Gasteiger partial charge in [-0.1, -0.05) is 11.6 Å². The van der Waals surface area contributed by atoms with E-state index in [4.69, 9.17) is 11.6 Å². The first-order valence-electron chi connectivity index (χ1n) is 5.65. The number of hydrogen-bond acceptors (Lipinski definition) is 3. The van der Waals surface area contributed by atoms with Crippen LogP contribution in [-0.4, -0.2) is 9.97 Å². The van der Waals surface area contributed by atoms with Crippen molar-refractivity contribution in [2.45, 2.75) is 0 Å². The van der Waals surface area contributed by atoms with Gasteiger partial charge in [0, 0.05) is 22.3 Å². The highest BCUT2D eigenvalue weighted by Crippen LogP contribution is 2.30. The van der Waals surface area contributed by atoms with Gasteiger partial charge < -0.3 is 5.32 Å². The van der Waals surface area contributed by atoms with Crippen LogP contribution in [0, 0.1) is 0 Å². The molecule has 0 atom stereocenters. The molecule has 2 heterocycles. The molecule has 0 aliphatic rings. The fourth-order valence-electron chi connectivity index (χ4n) is 1.87. The maximum absolute atomic E-state index is 6.17. The summed E-state index contributed by atoms with van der Waals surface area (Å²) in [4.78, 5) is 8.50. The van der Waals surface area contributed by atoms with Crippen molar-refractivity contribution in [3.05, 3.63) is 58.4 Å². The molecule has 0 amide bonds. The lowest BCUT2D eigenvalue weighted by Gasteiger charge is -2.10. The van der Waals surface area contributed by atoms with Crippen molar-refractivity contribution in [3.8, 4) is 0 Å². The molecule has 3 nitrogen and oxygen atoms in total.